The lowest BCUT2D eigenvalue weighted by atomic mass is 10.1. The molecule has 4 rings (SSSR count). The quantitative estimate of drug-likeness (QED) is 0.196. The van der Waals surface area contributed by atoms with Crippen molar-refractivity contribution in [2.75, 3.05) is 6.61 Å². The Morgan fingerprint density at radius 2 is 1.52 bits per heavy atom. The van der Waals surface area contributed by atoms with E-state index in [1.807, 2.05) is 91.9 Å². The molecule has 4 aromatic rings. The first-order valence-corrected chi connectivity index (χ1v) is 10.6. The Hall–Kier alpha value is -3.29. The van der Waals surface area contributed by atoms with Crippen molar-refractivity contribution in [2.24, 2.45) is 10.2 Å². The second kappa shape index (κ2) is 9.68. The summed E-state index contributed by atoms with van der Waals surface area (Å²) in [5, 5.41) is 13.9. The van der Waals surface area contributed by atoms with E-state index in [1.165, 1.54) is 0 Å². The molecule has 0 aliphatic rings. The molecule has 0 saturated carbocycles. The van der Waals surface area contributed by atoms with E-state index in [4.69, 9.17) is 22.1 Å². The first kappa shape index (κ1) is 21.0. The standard InChI is InChI=1S/C24H20N4OS2/c1-2-29-20-16-10-9-15-19(20)25-26-22-21(17-11-5-3-6-12-17)27-28(24(30)31)23(22)18-13-7-4-8-14-18/h3-16H,2H2,1H3,(H,30,31). The molecule has 1 aromatic heterocycles. The molecule has 0 N–H and O–H groups in total. The number of para-hydroxylation sites is 1. The van der Waals surface area contributed by atoms with Crippen LogP contribution in [0.3, 0.4) is 0 Å². The zero-order valence-corrected chi connectivity index (χ0v) is 18.6. The minimum absolute atomic E-state index is 0.326. The summed E-state index contributed by atoms with van der Waals surface area (Å²) in [6.07, 6.45) is 0. The van der Waals surface area contributed by atoms with Gasteiger partial charge in [-0.1, -0.05) is 85.0 Å². The normalized spacial score (nSPS) is 11.0. The molecule has 31 heavy (non-hydrogen) atoms. The predicted molar refractivity (Wildman–Crippen MR) is 132 cm³/mol. The Bertz CT molecular complexity index is 1220. The van der Waals surface area contributed by atoms with Gasteiger partial charge in [0.2, 0.25) is 0 Å². The first-order valence-electron chi connectivity index (χ1n) is 9.79. The van der Waals surface area contributed by atoms with E-state index < -0.39 is 0 Å². The van der Waals surface area contributed by atoms with Gasteiger partial charge in [0.05, 0.1) is 6.61 Å². The van der Waals surface area contributed by atoms with Crippen LogP contribution >= 0.6 is 24.8 Å². The van der Waals surface area contributed by atoms with Crippen molar-refractivity contribution in [1.29, 1.82) is 0 Å². The fourth-order valence-electron chi connectivity index (χ4n) is 3.21. The van der Waals surface area contributed by atoms with Crippen LogP contribution in [0.5, 0.6) is 5.75 Å². The maximum absolute atomic E-state index is 5.69. The highest BCUT2D eigenvalue weighted by atomic mass is 32.1. The number of nitrogens with zero attached hydrogens (tertiary/aromatic N) is 4. The number of hydrogen-bond acceptors (Lipinski definition) is 5. The summed E-state index contributed by atoms with van der Waals surface area (Å²) in [7, 11) is 0. The van der Waals surface area contributed by atoms with Crippen molar-refractivity contribution in [3.8, 4) is 28.3 Å². The molecular formula is C24H20N4OS2. The van der Waals surface area contributed by atoms with Crippen LogP contribution in [0.15, 0.2) is 95.2 Å². The van der Waals surface area contributed by atoms with Gasteiger partial charge in [-0.05, 0) is 19.1 Å². The van der Waals surface area contributed by atoms with Gasteiger partial charge in [-0.2, -0.15) is 5.10 Å². The summed E-state index contributed by atoms with van der Waals surface area (Å²) >= 11 is 9.78. The highest BCUT2D eigenvalue weighted by Gasteiger charge is 2.22. The Labute approximate surface area is 191 Å². The Kier molecular flexibility index (Phi) is 6.54. The lowest BCUT2D eigenvalue weighted by Crippen LogP contribution is -2.05. The molecule has 1 heterocycles. The number of hydrogen-bond donors (Lipinski definition) is 1. The van der Waals surface area contributed by atoms with Crippen molar-refractivity contribution >= 4 is 40.5 Å². The molecule has 0 bridgehead atoms. The molecular weight excluding hydrogens is 424 g/mol. The van der Waals surface area contributed by atoms with E-state index in [9.17, 15) is 0 Å². The number of benzene rings is 3. The van der Waals surface area contributed by atoms with E-state index in [2.05, 4.69) is 22.9 Å². The van der Waals surface area contributed by atoms with E-state index in [1.54, 1.807) is 4.68 Å². The number of azo groups is 1. The number of ether oxygens (including phenoxy) is 1. The first-order chi connectivity index (χ1) is 15.2. The molecule has 0 saturated heterocycles. The van der Waals surface area contributed by atoms with E-state index in [0.717, 1.165) is 16.8 Å². The van der Waals surface area contributed by atoms with Gasteiger partial charge in [0.15, 0.2) is 4.32 Å². The van der Waals surface area contributed by atoms with Gasteiger partial charge in [-0.25, -0.2) is 4.68 Å². The number of thiol groups is 1. The highest BCUT2D eigenvalue weighted by molar-refractivity contribution is 8.11. The molecule has 0 spiro atoms. The van der Waals surface area contributed by atoms with E-state index in [-0.39, 0.29) is 0 Å². The molecule has 0 aliphatic carbocycles. The fraction of sp³-hybridized carbons (Fsp3) is 0.0833. The smallest absolute Gasteiger partial charge is 0.158 e. The summed E-state index contributed by atoms with van der Waals surface area (Å²) in [5.74, 6) is 0.674. The summed E-state index contributed by atoms with van der Waals surface area (Å²) in [6, 6.07) is 27.3. The zero-order valence-electron chi connectivity index (χ0n) is 16.8. The number of thiocarbonyl (C=S) groups is 1. The van der Waals surface area contributed by atoms with Crippen LogP contribution in [0.2, 0.25) is 0 Å². The molecule has 0 fully saturated rings. The zero-order chi connectivity index (χ0) is 21.6. The maximum Gasteiger partial charge on any atom is 0.158 e. The number of aromatic nitrogens is 2. The van der Waals surface area contributed by atoms with Crippen molar-refractivity contribution in [1.82, 2.24) is 9.78 Å². The average molecular weight is 445 g/mol. The van der Waals surface area contributed by atoms with Crippen LogP contribution in [-0.2, 0) is 0 Å². The van der Waals surface area contributed by atoms with Crippen LogP contribution in [0.4, 0.5) is 11.4 Å². The minimum Gasteiger partial charge on any atom is -0.492 e. The molecule has 5 nitrogen and oxygen atoms in total. The van der Waals surface area contributed by atoms with Crippen molar-refractivity contribution in [3.63, 3.8) is 0 Å². The molecule has 7 heteroatoms. The van der Waals surface area contributed by atoms with Gasteiger partial charge < -0.3 is 4.74 Å². The minimum atomic E-state index is 0.326. The van der Waals surface area contributed by atoms with Crippen LogP contribution in [-0.4, -0.2) is 20.7 Å². The van der Waals surface area contributed by atoms with Gasteiger partial charge in [-0.15, -0.1) is 22.9 Å². The van der Waals surface area contributed by atoms with Crippen LogP contribution in [0.25, 0.3) is 22.5 Å². The lowest BCUT2D eigenvalue weighted by molar-refractivity contribution is 0.341. The molecule has 154 valence electrons. The summed E-state index contributed by atoms with van der Waals surface area (Å²) in [4.78, 5) is 0. The average Bonchev–Trinajstić information content (AvgIpc) is 3.20. The summed E-state index contributed by atoms with van der Waals surface area (Å²) < 4.78 is 7.64. The van der Waals surface area contributed by atoms with E-state index >= 15 is 0 Å². The maximum atomic E-state index is 5.69. The van der Waals surface area contributed by atoms with Crippen molar-refractivity contribution in [3.05, 3.63) is 84.9 Å². The van der Waals surface area contributed by atoms with Crippen molar-refractivity contribution < 1.29 is 4.74 Å². The largest absolute Gasteiger partial charge is 0.492 e. The highest BCUT2D eigenvalue weighted by Crippen LogP contribution is 2.41. The van der Waals surface area contributed by atoms with Gasteiger partial charge in [-0.3, -0.25) is 0 Å². The predicted octanol–water partition coefficient (Wildman–Crippen LogP) is 7.09. The number of rotatable bonds is 6. The van der Waals surface area contributed by atoms with Crippen LogP contribution < -0.4 is 4.74 Å². The molecule has 0 atom stereocenters. The second-order valence-corrected chi connectivity index (χ2v) is 7.69. The summed E-state index contributed by atoms with van der Waals surface area (Å²) in [6.45, 7) is 2.48. The SMILES string of the molecule is CCOc1ccccc1N=Nc1c(-c2ccccc2)nn(C(=S)S)c1-c1ccccc1. The molecule has 0 aliphatic heterocycles. The Morgan fingerprint density at radius 1 is 0.903 bits per heavy atom. The van der Waals surface area contributed by atoms with Gasteiger partial charge >= 0.3 is 0 Å². The van der Waals surface area contributed by atoms with Gasteiger partial charge in [0.25, 0.3) is 0 Å². The topological polar surface area (TPSA) is 51.8 Å². The van der Waals surface area contributed by atoms with Crippen LogP contribution in [0.1, 0.15) is 6.92 Å². The van der Waals surface area contributed by atoms with E-state index in [0.29, 0.717) is 33.7 Å². The third kappa shape index (κ3) is 4.57. The lowest BCUT2D eigenvalue weighted by Gasteiger charge is -2.07. The second-order valence-electron chi connectivity index (χ2n) is 6.57. The van der Waals surface area contributed by atoms with Crippen LogP contribution in [0, 0.1) is 0 Å². The fourth-order valence-corrected chi connectivity index (χ4v) is 3.49. The van der Waals surface area contributed by atoms with Gasteiger partial charge in [0, 0.05) is 11.1 Å². The monoisotopic (exact) mass is 444 g/mol. The van der Waals surface area contributed by atoms with Crippen molar-refractivity contribution in [2.45, 2.75) is 6.92 Å². The molecule has 0 radical (unpaired) electrons. The molecule has 3 aromatic carbocycles. The third-order valence-electron chi connectivity index (χ3n) is 4.56. The Morgan fingerprint density at radius 3 is 2.16 bits per heavy atom. The molecule has 0 unspecified atom stereocenters. The third-order valence-corrected chi connectivity index (χ3v) is 4.92. The Balaban J connectivity index is 1.94. The molecule has 0 amide bonds. The summed E-state index contributed by atoms with van der Waals surface area (Å²) in [5.41, 5.74) is 4.49. The van der Waals surface area contributed by atoms with Gasteiger partial charge in [0.1, 0.15) is 28.5 Å².